The van der Waals surface area contributed by atoms with Crippen molar-refractivity contribution in [3.63, 3.8) is 0 Å². The van der Waals surface area contributed by atoms with Gasteiger partial charge in [0.05, 0.1) is 12.8 Å². The summed E-state index contributed by atoms with van der Waals surface area (Å²) in [4.78, 5) is 16.1. The highest BCUT2D eigenvalue weighted by Crippen LogP contribution is 2.28. The molecule has 0 aliphatic carbocycles. The molecule has 0 spiro atoms. The molecule has 5 heteroatoms. The van der Waals surface area contributed by atoms with Crippen LogP contribution in [0.5, 0.6) is 0 Å². The molecule has 0 aliphatic heterocycles. The maximum Gasteiger partial charge on any atom is 0.350 e. The third-order valence-corrected chi connectivity index (χ3v) is 3.05. The van der Waals surface area contributed by atoms with E-state index in [-0.39, 0.29) is 11.9 Å². The fraction of sp³-hybridized carbons (Fsp3) is 0.500. The van der Waals surface area contributed by atoms with Crippen LogP contribution in [-0.2, 0) is 4.74 Å². The zero-order valence-corrected chi connectivity index (χ0v) is 10.0. The molecule has 0 aromatic carbocycles. The van der Waals surface area contributed by atoms with Crippen LogP contribution in [0.25, 0.3) is 0 Å². The Bertz CT molecular complexity index is 322. The monoisotopic (exact) mass is 263 g/mol. The molecule has 0 fully saturated rings. The van der Waals surface area contributed by atoms with Crippen molar-refractivity contribution >= 4 is 33.2 Å². The summed E-state index contributed by atoms with van der Waals surface area (Å²) in [5.74, 6) is -0.0800. The topological polar surface area (TPSA) is 39.2 Å². The van der Waals surface area contributed by atoms with E-state index >= 15 is 0 Å². The van der Waals surface area contributed by atoms with Gasteiger partial charge < -0.3 is 4.74 Å². The van der Waals surface area contributed by atoms with Crippen molar-refractivity contribution < 1.29 is 9.53 Å². The first-order chi connectivity index (χ1) is 6.06. The van der Waals surface area contributed by atoms with Gasteiger partial charge in [0.2, 0.25) is 0 Å². The Balaban J connectivity index is 3.11. The van der Waals surface area contributed by atoms with Crippen LogP contribution in [0.15, 0.2) is 3.92 Å². The molecule has 1 aromatic rings. The summed E-state index contributed by atoms with van der Waals surface area (Å²) in [5.41, 5.74) is 0.795. The van der Waals surface area contributed by atoms with Gasteiger partial charge in [-0.2, -0.15) is 0 Å². The van der Waals surface area contributed by atoms with Gasteiger partial charge in [-0.15, -0.1) is 0 Å². The lowest BCUT2D eigenvalue weighted by Gasteiger charge is -2.02. The van der Waals surface area contributed by atoms with Crippen molar-refractivity contribution in [3.8, 4) is 0 Å². The molecule has 72 valence electrons. The Hall–Kier alpha value is -0.420. The summed E-state index contributed by atoms with van der Waals surface area (Å²) >= 11 is 4.55. The number of halogens is 1. The number of nitrogens with zero attached hydrogens (tertiary/aromatic N) is 1. The number of rotatable bonds is 2. The second-order valence-corrected chi connectivity index (χ2v) is 5.10. The fourth-order valence-corrected chi connectivity index (χ4v) is 2.48. The predicted molar refractivity (Wildman–Crippen MR) is 55.2 cm³/mol. The second kappa shape index (κ2) is 4.19. The van der Waals surface area contributed by atoms with Gasteiger partial charge >= 0.3 is 5.97 Å². The molecule has 1 aromatic heterocycles. The van der Waals surface area contributed by atoms with Crippen molar-refractivity contribution in [2.45, 2.75) is 19.8 Å². The highest BCUT2D eigenvalue weighted by atomic mass is 79.9. The Morgan fingerprint density at radius 1 is 1.62 bits per heavy atom. The minimum Gasteiger partial charge on any atom is -0.465 e. The van der Waals surface area contributed by atoms with Crippen molar-refractivity contribution in [2.75, 3.05) is 7.11 Å². The average molecular weight is 264 g/mol. The van der Waals surface area contributed by atoms with Crippen LogP contribution < -0.4 is 0 Å². The lowest BCUT2D eigenvalue weighted by molar-refractivity contribution is 0.0604. The normalized spacial score (nSPS) is 10.5. The molecule has 1 heterocycles. The van der Waals surface area contributed by atoms with Gasteiger partial charge in [0.25, 0.3) is 0 Å². The maximum absolute atomic E-state index is 11.3. The third kappa shape index (κ3) is 2.28. The summed E-state index contributed by atoms with van der Waals surface area (Å²) in [7, 11) is 1.38. The number of esters is 1. The summed E-state index contributed by atoms with van der Waals surface area (Å²) in [5, 5.41) is 0. The number of methoxy groups -OCH3 is 1. The SMILES string of the molecule is COC(=O)c1sc(Br)nc1C(C)C. The van der Waals surface area contributed by atoms with Crippen molar-refractivity contribution in [1.82, 2.24) is 4.98 Å². The summed E-state index contributed by atoms with van der Waals surface area (Å²) in [6.45, 7) is 3.99. The fourth-order valence-electron chi connectivity index (χ4n) is 0.935. The molecule has 0 amide bonds. The van der Waals surface area contributed by atoms with Gasteiger partial charge in [0, 0.05) is 0 Å². The number of thiazole rings is 1. The summed E-state index contributed by atoms with van der Waals surface area (Å²) in [6.07, 6.45) is 0. The van der Waals surface area contributed by atoms with Crippen molar-refractivity contribution in [3.05, 3.63) is 14.5 Å². The molecule has 0 unspecified atom stereocenters. The molecule has 0 bridgehead atoms. The van der Waals surface area contributed by atoms with Crippen molar-refractivity contribution in [1.29, 1.82) is 0 Å². The van der Waals surface area contributed by atoms with E-state index in [2.05, 4.69) is 25.7 Å². The molecule has 0 saturated heterocycles. The van der Waals surface area contributed by atoms with E-state index in [9.17, 15) is 4.79 Å². The Morgan fingerprint density at radius 3 is 2.69 bits per heavy atom. The molecule has 0 saturated carbocycles. The van der Waals surface area contributed by atoms with Gasteiger partial charge in [0.1, 0.15) is 4.88 Å². The number of hydrogen-bond donors (Lipinski definition) is 0. The highest BCUT2D eigenvalue weighted by molar-refractivity contribution is 9.11. The zero-order valence-electron chi connectivity index (χ0n) is 7.63. The third-order valence-electron chi connectivity index (χ3n) is 1.54. The van der Waals surface area contributed by atoms with Gasteiger partial charge in [-0.1, -0.05) is 25.2 Å². The van der Waals surface area contributed by atoms with E-state index in [0.717, 1.165) is 9.61 Å². The Kier molecular flexibility index (Phi) is 3.44. The van der Waals surface area contributed by atoms with Crippen LogP contribution in [-0.4, -0.2) is 18.1 Å². The molecule has 0 N–H and O–H groups in total. The minimum atomic E-state index is -0.313. The standard InChI is InChI=1S/C8H10BrNO2S/c1-4(2)5-6(7(11)12-3)13-8(9)10-5/h4H,1-3H3. The van der Waals surface area contributed by atoms with E-state index in [1.165, 1.54) is 18.4 Å². The average Bonchev–Trinajstić information content (AvgIpc) is 2.46. The zero-order chi connectivity index (χ0) is 10.0. The van der Waals surface area contributed by atoms with E-state index in [0.29, 0.717) is 4.88 Å². The summed E-state index contributed by atoms with van der Waals surface area (Å²) in [6, 6.07) is 0. The number of aromatic nitrogens is 1. The van der Waals surface area contributed by atoms with Gasteiger partial charge in [0.15, 0.2) is 3.92 Å². The first-order valence-corrected chi connectivity index (χ1v) is 5.41. The van der Waals surface area contributed by atoms with Crippen molar-refractivity contribution in [2.24, 2.45) is 0 Å². The maximum atomic E-state index is 11.3. The van der Waals surface area contributed by atoms with E-state index in [1.54, 1.807) is 0 Å². The van der Waals surface area contributed by atoms with E-state index < -0.39 is 0 Å². The number of hydrogen-bond acceptors (Lipinski definition) is 4. The second-order valence-electron chi connectivity index (χ2n) is 2.83. The molecule has 0 aliphatic rings. The molecule has 0 atom stereocenters. The quantitative estimate of drug-likeness (QED) is 0.771. The molecule has 0 radical (unpaired) electrons. The number of carbonyl (C=O) groups excluding carboxylic acids is 1. The van der Waals surface area contributed by atoms with Crippen LogP contribution in [0.4, 0.5) is 0 Å². The van der Waals surface area contributed by atoms with Crippen LogP contribution >= 0.6 is 27.3 Å². The summed E-state index contributed by atoms with van der Waals surface area (Å²) < 4.78 is 5.37. The lowest BCUT2D eigenvalue weighted by Crippen LogP contribution is -2.03. The van der Waals surface area contributed by atoms with Gasteiger partial charge in [-0.3, -0.25) is 0 Å². The number of carbonyl (C=O) groups is 1. The predicted octanol–water partition coefficient (Wildman–Crippen LogP) is 2.82. The van der Waals surface area contributed by atoms with Crippen LogP contribution in [0, 0.1) is 0 Å². The van der Waals surface area contributed by atoms with Gasteiger partial charge in [-0.05, 0) is 21.8 Å². The highest BCUT2D eigenvalue weighted by Gasteiger charge is 2.19. The lowest BCUT2D eigenvalue weighted by atomic mass is 10.1. The molecule has 13 heavy (non-hydrogen) atoms. The largest absolute Gasteiger partial charge is 0.465 e. The Labute approximate surface area is 89.3 Å². The molecule has 3 nitrogen and oxygen atoms in total. The first-order valence-electron chi connectivity index (χ1n) is 3.80. The van der Waals surface area contributed by atoms with Crippen LogP contribution in [0.3, 0.4) is 0 Å². The van der Waals surface area contributed by atoms with E-state index in [1.807, 2.05) is 13.8 Å². The molecule has 1 rings (SSSR count). The molecular formula is C8H10BrNO2S. The minimum absolute atomic E-state index is 0.233. The molecular weight excluding hydrogens is 254 g/mol. The van der Waals surface area contributed by atoms with Gasteiger partial charge in [-0.25, -0.2) is 9.78 Å². The van der Waals surface area contributed by atoms with Crippen LogP contribution in [0.2, 0.25) is 0 Å². The Morgan fingerprint density at radius 2 is 2.23 bits per heavy atom. The smallest absolute Gasteiger partial charge is 0.350 e. The van der Waals surface area contributed by atoms with E-state index in [4.69, 9.17) is 0 Å². The first kappa shape index (κ1) is 10.7. The van der Waals surface area contributed by atoms with Crippen LogP contribution in [0.1, 0.15) is 35.1 Å². The number of ether oxygens (including phenoxy) is 1.